The van der Waals surface area contributed by atoms with Gasteiger partial charge in [-0.3, -0.25) is 0 Å². The van der Waals surface area contributed by atoms with Gasteiger partial charge in [-0.25, -0.2) is 4.79 Å². The van der Waals surface area contributed by atoms with Crippen LogP contribution in [0.15, 0.2) is 24.3 Å². The Hall–Kier alpha value is -1.51. The maximum Gasteiger partial charge on any atom is 0.317 e. The number of piperidine rings is 1. The van der Waals surface area contributed by atoms with E-state index in [0.29, 0.717) is 5.92 Å². The molecule has 1 saturated heterocycles. The van der Waals surface area contributed by atoms with Gasteiger partial charge in [-0.05, 0) is 43.2 Å². The summed E-state index contributed by atoms with van der Waals surface area (Å²) in [6.07, 6.45) is 3.40. The Labute approximate surface area is 122 Å². The molecule has 20 heavy (non-hydrogen) atoms. The highest BCUT2D eigenvalue weighted by molar-refractivity contribution is 5.74. The first-order valence-corrected chi connectivity index (χ1v) is 7.74. The maximum absolute atomic E-state index is 12.3. The number of nitrogens with zero attached hydrogens (tertiary/aromatic N) is 1. The molecule has 1 N–H and O–H groups in total. The molecule has 1 fully saturated rings. The number of rotatable bonds is 3. The molecule has 1 aromatic rings. The number of nitrogens with one attached hydrogen (secondary N) is 1. The van der Waals surface area contributed by atoms with Crippen molar-refractivity contribution in [3.8, 4) is 0 Å². The van der Waals surface area contributed by atoms with Crippen LogP contribution in [0.25, 0.3) is 0 Å². The first-order valence-electron chi connectivity index (χ1n) is 7.74. The monoisotopic (exact) mass is 274 g/mol. The van der Waals surface area contributed by atoms with Crippen LogP contribution < -0.4 is 5.32 Å². The van der Waals surface area contributed by atoms with Gasteiger partial charge in [-0.15, -0.1) is 0 Å². The second kappa shape index (κ2) is 6.78. The van der Waals surface area contributed by atoms with Gasteiger partial charge in [-0.2, -0.15) is 0 Å². The summed E-state index contributed by atoms with van der Waals surface area (Å²) in [5.41, 5.74) is 2.50. The van der Waals surface area contributed by atoms with Crippen LogP contribution >= 0.6 is 0 Å². The lowest BCUT2D eigenvalue weighted by molar-refractivity contribution is 0.167. The molecule has 2 amide bonds. The molecule has 1 aromatic carbocycles. The lowest BCUT2D eigenvalue weighted by atomic mass is 10.0. The maximum atomic E-state index is 12.3. The molecule has 2 unspecified atom stereocenters. The molecule has 3 nitrogen and oxygen atoms in total. The minimum atomic E-state index is 0.0608. The van der Waals surface area contributed by atoms with Gasteiger partial charge in [0.15, 0.2) is 0 Å². The van der Waals surface area contributed by atoms with Crippen molar-refractivity contribution < 1.29 is 4.79 Å². The zero-order valence-corrected chi connectivity index (χ0v) is 12.9. The zero-order chi connectivity index (χ0) is 14.5. The quantitative estimate of drug-likeness (QED) is 0.894. The highest BCUT2D eigenvalue weighted by Crippen LogP contribution is 2.18. The Bertz CT molecular complexity index is 441. The van der Waals surface area contributed by atoms with Crippen molar-refractivity contribution in [3.05, 3.63) is 35.4 Å². The molecule has 110 valence electrons. The third-order valence-corrected chi connectivity index (χ3v) is 4.17. The van der Waals surface area contributed by atoms with Crippen LogP contribution in [0.4, 0.5) is 4.79 Å². The first-order chi connectivity index (χ1) is 9.60. The fraction of sp³-hybridized carbons (Fsp3) is 0.588. The number of amides is 2. The Morgan fingerprint density at radius 3 is 2.70 bits per heavy atom. The van der Waals surface area contributed by atoms with E-state index in [1.54, 1.807) is 0 Å². The predicted molar refractivity (Wildman–Crippen MR) is 82.7 cm³/mol. The minimum absolute atomic E-state index is 0.0608. The number of carbonyl (C=O) groups is 1. The van der Waals surface area contributed by atoms with Crippen molar-refractivity contribution in [3.63, 3.8) is 0 Å². The van der Waals surface area contributed by atoms with E-state index in [9.17, 15) is 4.79 Å². The summed E-state index contributed by atoms with van der Waals surface area (Å²) >= 11 is 0. The van der Waals surface area contributed by atoms with Crippen LogP contribution in [0.3, 0.4) is 0 Å². The molecule has 0 bridgehead atoms. The standard InChI is InChI=1S/C17H26N2O/c1-4-15-7-9-16(10-8-15)14(3)18-17(20)19-11-5-6-13(2)12-19/h7-10,13-14H,4-6,11-12H2,1-3H3,(H,18,20). The molecule has 2 atom stereocenters. The van der Waals surface area contributed by atoms with Gasteiger partial charge in [0.1, 0.15) is 0 Å². The molecule has 0 radical (unpaired) electrons. The number of hydrogen-bond donors (Lipinski definition) is 1. The van der Waals surface area contributed by atoms with Crippen molar-refractivity contribution in [2.45, 2.75) is 46.1 Å². The van der Waals surface area contributed by atoms with E-state index in [2.05, 4.69) is 43.4 Å². The van der Waals surface area contributed by atoms with Crippen LogP contribution in [0.2, 0.25) is 0 Å². The number of likely N-dealkylation sites (tertiary alicyclic amines) is 1. The summed E-state index contributed by atoms with van der Waals surface area (Å²) in [7, 11) is 0. The lowest BCUT2D eigenvalue weighted by Crippen LogP contribution is -2.45. The Morgan fingerprint density at radius 1 is 1.40 bits per heavy atom. The largest absolute Gasteiger partial charge is 0.331 e. The molecule has 3 heteroatoms. The molecule has 0 spiro atoms. The summed E-state index contributed by atoms with van der Waals surface area (Å²) < 4.78 is 0. The first kappa shape index (κ1) is 14.9. The summed E-state index contributed by atoms with van der Waals surface area (Å²) in [6.45, 7) is 8.18. The van der Waals surface area contributed by atoms with E-state index < -0.39 is 0 Å². The van der Waals surface area contributed by atoms with Crippen molar-refractivity contribution in [2.75, 3.05) is 13.1 Å². The van der Waals surface area contributed by atoms with Gasteiger partial charge in [-0.1, -0.05) is 38.1 Å². The second-order valence-electron chi connectivity index (χ2n) is 5.96. The zero-order valence-electron chi connectivity index (χ0n) is 12.9. The van der Waals surface area contributed by atoms with Gasteiger partial charge < -0.3 is 10.2 Å². The van der Waals surface area contributed by atoms with Gasteiger partial charge in [0.05, 0.1) is 6.04 Å². The van der Waals surface area contributed by atoms with E-state index in [-0.39, 0.29) is 12.1 Å². The van der Waals surface area contributed by atoms with Crippen LogP contribution in [0.1, 0.15) is 50.8 Å². The summed E-state index contributed by atoms with van der Waals surface area (Å²) in [5, 5.41) is 3.11. The average Bonchev–Trinajstić information content (AvgIpc) is 2.47. The van der Waals surface area contributed by atoms with Crippen molar-refractivity contribution >= 4 is 6.03 Å². The van der Waals surface area contributed by atoms with E-state index in [0.717, 1.165) is 25.9 Å². The fourth-order valence-corrected chi connectivity index (χ4v) is 2.78. The Kier molecular flexibility index (Phi) is 5.05. The smallest absolute Gasteiger partial charge is 0.317 e. The Balaban J connectivity index is 1.92. The van der Waals surface area contributed by atoms with E-state index in [4.69, 9.17) is 0 Å². The number of benzene rings is 1. The third kappa shape index (κ3) is 3.75. The highest BCUT2D eigenvalue weighted by atomic mass is 16.2. The minimum Gasteiger partial charge on any atom is -0.331 e. The van der Waals surface area contributed by atoms with Crippen molar-refractivity contribution in [1.29, 1.82) is 0 Å². The van der Waals surface area contributed by atoms with Gasteiger partial charge >= 0.3 is 6.03 Å². The molecule has 0 saturated carbocycles. The molecular weight excluding hydrogens is 248 g/mol. The SMILES string of the molecule is CCc1ccc(C(C)NC(=O)N2CCCC(C)C2)cc1. The van der Waals surface area contributed by atoms with E-state index in [1.165, 1.54) is 17.5 Å². The normalized spacial score (nSPS) is 20.6. The van der Waals surface area contributed by atoms with E-state index in [1.807, 2.05) is 11.8 Å². The lowest BCUT2D eigenvalue weighted by Gasteiger charge is -2.32. The fourth-order valence-electron chi connectivity index (χ4n) is 2.78. The number of hydrogen-bond acceptors (Lipinski definition) is 1. The summed E-state index contributed by atoms with van der Waals surface area (Å²) in [5.74, 6) is 0.619. The van der Waals surface area contributed by atoms with Gasteiger partial charge in [0.25, 0.3) is 0 Å². The number of urea groups is 1. The summed E-state index contributed by atoms with van der Waals surface area (Å²) in [6, 6.07) is 8.64. The number of aryl methyl sites for hydroxylation is 1. The highest BCUT2D eigenvalue weighted by Gasteiger charge is 2.22. The van der Waals surface area contributed by atoms with Gasteiger partial charge in [0.2, 0.25) is 0 Å². The molecule has 0 aromatic heterocycles. The summed E-state index contributed by atoms with van der Waals surface area (Å²) in [4.78, 5) is 14.2. The van der Waals surface area contributed by atoms with Crippen LogP contribution in [0, 0.1) is 5.92 Å². The topological polar surface area (TPSA) is 32.3 Å². The van der Waals surface area contributed by atoms with E-state index >= 15 is 0 Å². The van der Waals surface area contributed by atoms with Gasteiger partial charge in [0, 0.05) is 13.1 Å². The number of carbonyl (C=O) groups excluding carboxylic acids is 1. The molecular formula is C17H26N2O. The average molecular weight is 274 g/mol. The predicted octanol–water partition coefficient (Wildman–Crippen LogP) is 3.75. The molecule has 1 aliphatic rings. The van der Waals surface area contributed by atoms with Crippen molar-refractivity contribution in [1.82, 2.24) is 10.2 Å². The Morgan fingerprint density at radius 2 is 2.10 bits per heavy atom. The second-order valence-corrected chi connectivity index (χ2v) is 5.96. The molecule has 2 rings (SSSR count). The third-order valence-electron chi connectivity index (χ3n) is 4.17. The van der Waals surface area contributed by atoms with Crippen LogP contribution in [0.5, 0.6) is 0 Å². The molecule has 0 aliphatic carbocycles. The van der Waals surface area contributed by atoms with Crippen LogP contribution in [-0.4, -0.2) is 24.0 Å². The molecule has 1 aliphatic heterocycles. The van der Waals surface area contributed by atoms with Crippen molar-refractivity contribution in [2.24, 2.45) is 5.92 Å². The molecule has 1 heterocycles. The van der Waals surface area contributed by atoms with Crippen LogP contribution in [-0.2, 0) is 6.42 Å².